The van der Waals surface area contributed by atoms with Crippen LogP contribution >= 0.6 is 0 Å². The van der Waals surface area contributed by atoms with Gasteiger partial charge in [-0.05, 0) is 12.3 Å². The lowest BCUT2D eigenvalue weighted by atomic mass is 9.81. The van der Waals surface area contributed by atoms with Crippen molar-refractivity contribution >= 4 is 17.3 Å². The van der Waals surface area contributed by atoms with Crippen molar-refractivity contribution in [3.05, 3.63) is 41.0 Å². The first-order valence-electron chi connectivity index (χ1n) is 8.19. The third kappa shape index (κ3) is 3.29. The largest absolute Gasteiger partial charge is 0.507 e. The summed E-state index contributed by atoms with van der Waals surface area (Å²) in [6.45, 7) is 4.10. The van der Waals surface area contributed by atoms with Crippen molar-refractivity contribution in [1.82, 2.24) is 0 Å². The number of aliphatic hydroxyl groups excluding tert-OH is 1. The van der Waals surface area contributed by atoms with Gasteiger partial charge in [0.05, 0.1) is 0 Å². The van der Waals surface area contributed by atoms with Gasteiger partial charge in [0, 0.05) is 16.7 Å². The molecule has 0 spiro atoms. The highest BCUT2D eigenvalue weighted by molar-refractivity contribution is 6.52. The molecule has 2 rings (SSSR count). The van der Waals surface area contributed by atoms with E-state index in [1.54, 1.807) is 24.3 Å². The fraction of sp³-hybridized carbons (Fsp3) is 0.474. The first kappa shape index (κ1) is 16.5. The summed E-state index contributed by atoms with van der Waals surface area (Å²) < 4.78 is 0. The summed E-state index contributed by atoms with van der Waals surface area (Å²) in [5, 5.41) is 10.4. The zero-order valence-corrected chi connectivity index (χ0v) is 13.4. The van der Waals surface area contributed by atoms with E-state index in [4.69, 9.17) is 0 Å². The number of allylic oxidation sites excluding steroid dienone is 1. The van der Waals surface area contributed by atoms with E-state index in [9.17, 15) is 14.7 Å². The third-order valence-corrected chi connectivity index (χ3v) is 4.37. The van der Waals surface area contributed by atoms with E-state index < -0.39 is 11.6 Å². The first-order chi connectivity index (χ1) is 10.6. The molecule has 0 heterocycles. The molecule has 0 saturated carbocycles. The minimum atomic E-state index is -0.544. The normalized spacial score (nSPS) is 15.9. The Balaban J connectivity index is 2.15. The van der Waals surface area contributed by atoms with E-state index in [-0.39, 0.29) is 11.7 Å². The van der Waals surface area contributed by atoms with Crippen molar-refractivity contribution in [2.45, 2.75) is 52.4 Å². The van der Waals surface area contributed by atoms with E-state index >= 15 is 0 Å². The molecule has 1 aromatic carbocycles. The summed E-state index contributed by atoms with van der Waals surface area (Å²) in [6.07, 6.45) is 6.60. The van der Waals surface area contributed by atoms with E-state index in [2.05, 4.69) is 6.92 Å². The summed E-state index contributed by atoms with van der Waals surface area (Å²) >= 11 is 0. The van der Waals surface area contributed by atoms with Gasteiger partial charge in [-0.25, -0.2) is 0 Å². The third-order valence-electron chi connectivity index (χ3n) is 4.37. The van der Waals surface area contributed by atoms with Gasteiger partial charge in [0.1, 0.15) is 5.76 Å². The van der Waals surface area contributed by atoms with Crippen molar-refractivity contribution in [3.63, 3.8) is 0 Å². The Bertz CT molecular complexity index is 598. The minimum Gasteiger partial charge on any atom is -0.507 e. The van der Waals surface area contributed by atoms with Gasteiger partial charge in [0.25, 0.3) is 0 Å². The highest BCUT2D eigenvalue weighted by Gasteiger charge is 2.34. The Hall–Kier alpha value is -1.90. The molecule has 0 bridgehead atoms. The summed E-state index contributed by atoms with van der Waals surface area (Å²) in [4.78, 5) is 24.5. The highest BCUT2D eigenvalue weighted by atomic mass is 16.3. The van der Waals surface area contributed by atoms with Gasteiger partial charge in [0.15, 0.2) is 0 Å². The molecule has 1 aliphatic carbocycles. The van der Waals surface area contributed by atoms with Crippen LogP contribution in [0.2, 0.25) is 0 Å². The maximum atomic E-state index is 12.3. The maximum absolute atomic E-state index is 12.3. The van der Waals surface area contributed by atoms with Crippen LogP contribution in [0.3, 0.4) is 0 Å². The van der Waals surface area contributed by atoms with Crippen LogP contribution in [-0.2, 0) is 4.79 Å². The molecule has 1 aromatic rings. The van der Waals surface area contributed by atoms with E-state index in [0.717, 1.165) is 19.3 Å². The number of rotatable bonds is 7. The minimum absolute atomic E-state index is 0.0127. The SMILES string of the molecule is CCCCCCCC(C)C1=C(O)c2ccccc2C(=O)C1=O. The number of benzene rings is 1. The monoisotopic (exact) mass is 300 g/mol. The molecule has 0 aliphatic heterocycles. The number of ketones is 2. The lowest BCUT2D eigenvalue weighted by Crippen LogP contribution is -2.27. The van der Waals surface area contributed by atoms with Gasteiger partial charge in [-0.2, -0.15) is 0 Å². The molecule has 0 radical (unpaired) electrons. The van der Waals surface area contributed by atoms with E-state index in [0.29, 0.717) is 16.7 Å². The molecule has 118 valence electrons. The molecule has 3 nitrogen and oxygen atoms in total. The second kappa shape index (κ2) is 7.39. The summed E-state index contributed by atoms with van der Waals surface area (Å²) in [5.41, 5.74) is 1.09. The Labute approximate surface area is 132 Å². The molecule has 0 aromatic heterocycles. The number of hydrogen-bond donors (Lipinski definition) is 1. The van der Waals surface area contributed by atoms with Crippen LogP contribution in [0.25, 0.3) is 5.76 Å². The molecule has 22 heavy (non-hydrogen) atoms. The lowest BCUT2D eigenvalue weighted by molar-refractivity contribution is -0.112. The Morgan fingerprint density at radius 1 is 0.955 bits per heavy atom. The molecular weight excluding hydrogens is 276 g/mol. The van der Waals surface area contributed by atoms with Crippen molar-refractivity contribution in [1.29, 1.82) is 0 Å². The van der Waals surface area contributed by atoms with Gasteiger partial charge in [-0.15, -0.1) is 0 Å². The zero-order chi connectivity index (χ0) is 16.1. The summed E-state index contributed by atoms with van der Waals surface area (Å²) in [6, 6.07) is 6.77. The second-order valence-electron chi connectivity index (χ2n) is 6.07. The lowest BCUT2D eigenvalue weighted by Gasteiger charge is -2.22. The zero-order valence-electron chi connectivity index (χ0n) is 13.4. The van der Waals surface area contributed by atoms with Crippen LogP contribution in [0.15, 0.2) is 29.8 Å². The van der Waals surface area contributed by atoms with Crippen LogP contribution in [0.1, 0.15) is 68.3 Å². The van der Waals surface area contributed by atoms with Gasteiger partial charge in [-0.3, -0.25) is 9.59 Å². The van der Waals surface area contributed by atoms with Gasteiger partial charge in [-0.1, -0.05) is 70.2 Å². The molecule has 3 heteroatoms. The molecule has 0 fully saturated rings. The topological polar surface area (TPSA) is 54.4 Å². The van der Waals surface area contributed by atoms with Crippen molar-refractivity contribution in [2.75, 3.05) is 0 Å². The van der Waals surface area contributed by atoms with Gasteiger partial charge in [0.2, 0.25) is 11.6 Å². The van der Waals surface area contributed by atoms with Gasteiger partial charge < -0.3 is 5.11 Å². The number of Topliss-reactive ketones (excluding diaryl/α,β-unsaturated/α-hetero) is 2. The molecule has 0 amide bonds. The average molecular weight is 300 g/mol. The Morgan fingerprint density at radius 2 is 1.59 bits per heavy atom. The first-order valence-corrected chi connectivity index (χ1v) is 8.19. The predicted molar refractivity (Wildman–Crippen MR) is 87.9 cm³/mol. The molecular formula is C19H24O3. The number of unbranched alkanes of at least 4 members (excludes halogenated alkanes) is 4. The summed E-state index contributed by atoms with van der Waals surface area (Å²) in [5.74, 6) is -1.15. The fourth-order valence-corrected chi connectivity index (χ4v) is 3.04. The molecule has 1 N–H and O–H groups in total. The van der Waals surface area contributed by atoms with Crippen molar-refractivity contribution < 1.29 is 14.7 Å². The standard InChI is InChI=1S/C19H24O3/c1-3-4-5-6-7-10-13(2)16-17(20)14-11-8-9-12-15(14)18(21)19(16)22/h8-9,11-13,20H,3-7,10H2,1-2H3. The molecule has 0 saturated heterocycles. The van der Waals surface area contributed by atoms with Gasteiger partial charge >= 0.3 is 0 Å². The number of hydrogen-bond acceptors (Lipinski definition) is 3. The second-order valence-corrected chi connectivity index (χ2v) is 6.07. The fourth-order valence-electron chi connectivity index (χ4n) is 3.04. The van der Waals surface area contributed by atoms with E-state index in [1.165, 1.54) is 19.3 Å². The van der Waals surface area contributed by atoms with Crippen LogP contribution in [0, 0.1) is 5.92 Å². The maximum Gasteiger partial charge on any atom is 0.234 e. The number of aliphatic hydroxyl groups is 1. The molecule has 1 aliphatic rings. The Morgan fingerprint density at radius 3 is 2.27 bits per heavy atom. The van der Waals surface area contributed by atoms with Crippen LogP contribution in [0.4, 0.5) is 0 Å². The molecule has 1 unspecified atom stereocenters. The quantitative estimate of drug-likeness (QED) is 0.585. The van der Waals surface area contributed by atoms with Crippen molar-refractivity contribution in [2.24, 2.45) is 5.92 Å². The van der Waals surface area contributed by atoms with Crippen LogP contribution < -0.4 is 0 Å². The van der Waals surface area contributed by atoms with E-state index in [1.807, 2.05) is 6.92 Å². The van der Waals surface area contributed by atoms with Crippen LogP contribution in [-0.4, -0.2) is 16.7 Å². The van der Waals surface area contributed by atoms with Crippen molar-refractivity contribution in [3.8, 4) is 0 Å². The summed E-state index contributed by atoms with van der Waals surface area (Å²) in [7, 11) is 0. The number of carbonyl (C=O) groups excluding carboxylic acids is 2. The number of fused-ring (bicyclic) bond motifs is 1. The smallest absolute Gasteiger partial charge is 0.234 e. The molecule has 1 atom stereocenters. The average Bonchev–Trinajstić information content (AvgIpc) is 2.53. The highest BCUT2D eigenvalue weighted by Crippen LogP contribution is 2.33. The Kier molecular flexibility index (Phi) is 5.53. The predicted octanol–water partition coefficient (Wildman–Crippen LogP) is 4.72. The van der Waals surface area contributed by atoms with Crippen LogP contribution in [0.5, 0.6) is 0 Å². The number of carbonyl (C=O) groups is 2.